The molecule has 17 heavy (non-hydrogen) atoms. The molecule has 90 valence electrons. The van der Waals surface area contributed by atoms with Crippen LogP contribution >= 0.6 is 0 Å². The third-order valence-electron chi connectivity index (χ3n) is 3.22. The molecule has 0 atom stereocenters. The molecule has 1 aromatic rings. The van der Waals surface area contributed by atoms with Crippen LogP contribution in [0, 0.1) is 5.41 Å². The minimum Gasteiger partial charge on any atom is -0.395 e. The number of amidine groups is 1. The van der Waals surface area contributed by atoms with E-state index >= 15 is 0 Å². The molecule has 0 spiro atoms. The average molecular weight is 240 g/mol. The van der Waals surface area contributed by atoms with Crippen LogP contribution in [0.4, 0.5) is 8.78 Å². The van der Waals surface area contributed by atoms with Gasteiger partial charge in [-0.2, -0.15) is 0 Å². The summed E-state index contributed by atoms with van der Waals surface area (Å²) < 4.78 is 34.3. The fourth-order valence-corrected chi connectivity index (χ4v) is 2.09. The molecule has 0 aromatic heterocycles. The third kappa shape index (κ3) is 1.44. The Bertz CT molecular complexity index is 512. The Balaban J connectivity index is 1.99. The van der Waals surface area contributed by atoms with Crippen molar-refractivity contribution in [2.75, 3.05) is 0 Å². The van der Waals surface area contributed by atoms with E-state index in [0.29, 0.717) is 0 Å². The normalized spacial score (nSPS) is 22.2. The van der Waals surface area contributed by atoms with E-state index in [4.69, 9.17) is 11.1 Å². The number of fused-ring (bicyclic) bond motifs is 1. The number of nitrogens with one attached hydrogen (secondary N) is 1. The van der Waals surface area contributed by atoms with E-state index in [1.165, 1.54) is 12.1 Å². The number of benzene rings is 1. The van der Waals surface area contributed by atoms with Gasteiger partial charge >= 0.3 is 6.29 Å². The zero-order chi connectivity index (χ0) is 12.3. The first-order valence-corrected chi connectivity index (χ1v) is 5.18. The molecule has 3 N–H and O–H groups in total. The Morgan fingerprint density at radius 2 is 1.88 bits per heavy atom. The molecule has 0 amide bonds. The van der Waals surface area contributed by atoms with E-state index in [2.05, 4.69) is 9.47 Å². The lowest BCUT2D eigenvalue weighted by Gasteiger charge is -2.13. The van der Waals surface area contributed by atoms with Crippen molar-refractivity contribution in [2.45, 2.75) is 24.6 Å². The second-order valence-corrected chi connectivity index (χ2v) is 4.32. The molecule has 1 fully saturated rings. The summed E-state index contributed by atoms with van der Waals surface area (Å²) >= 11 is 0. The van der Waals surface area contributed by atoms with Crippen LogP contribution in [0.25, 0.3) is 0 Å². The van der Waals surface area contributed by atoms with Gasteiger partial charge in [-0.1, -0.05) is 6.07 Å². The van der Waals surface area contributed by atoms with E-state index in [-0.39, 0.29) is 17.3 Å². The summed E-state index contributed by atoms with van der Waals surface area (Å²) in [5.41, 5.74) is 5.76. The standard InChI is InChI=1S/C11H10F2N2O2/c12-11(13)16-7-2-1-6(5-8(7)17-11)10(3-4-10)9(14)15/h1-2,5H,3-4H2,(H3,14,15). The second kappa shape index (κ2) is 2.88. The van der Waals surface area contributed by atoms with Crippen LogP contribution in [-0.4, -0.2) is 12.1 Å². The molecule has 0 bridgehead atoms. The molecule has 1 aliphatic heterocycles. The molecule has 4 nitrogen and oxygen atoms in total. The summed E-state index contributed by atoms with van der Waals surface area (Å²) in [5, 5.41) is 7.53. The van der Waals surface area contributed by atoms with Crippen LogP contribution in [0.5, 0.6) is 11.5 Å². The van der Waals surface area contributed by atoms with E-state index in [0.717, 1.165) is 18.4 Å². The fraction of sp³-hybridized carbons (Fsp3) is 0.364. The van der Waals surface area contributed by atoms with Crippen LogP contribution in [-0.2, 0) is 5.41 Å². The lowest BCUT2D eigenvalue weighted by molar-refractivity contribution is -0.286. The van der Waals surface area contributed by atoms with Gasteiger partial charge in [-0.05, 0) is 30.5 Å². The summed E-state index contributed by atoms with van der Waals surface area (Å²) in [4.78, 5) is 0. The van der Waals surface area contributed by atoms with Crippen LogP contribution in [0.3, 0.4) is 0 Å². The van der Waals surface area contributed by atoms with Gasteiger partial charge in [0.25, 0.3) is 0 Å². The second-order valence-electron chi connectivity index (χ2n) is 4.32. The highest BCUT2D eigenvalue weighted by atomic mass is 19.3. The predicted octanol–water partition coefficient (Wildman–Crippen LogP) is 1.98. The highest BCUT2D eigenvalue weighted by Crippen LogP contribution is 2.51. The van der Waals surface area contributed by atoms with E-state index in [1.807, 2.05) is 0 Å². The average Bonchev–Trinajstić information content (AvgIpc) is 2.95. The Hall–Kier alpha value is -1.85. The molecule has 1 aromatic carbocycles. The maximum atomic E-state index is 12.8. The van der Waals surface area contributed by atoms with Gasteiger partial charge in [0.15, 0.2) is 11.5 Å². The number of ether oxygens (including phenoxy) is 2. The van der Waals surface area contributed by atoms with Crippen LogP contribution in [0.15, 0.2) is 18.2 Å². The number of nitrogens with two attached hydrogens (primary N) is 1. The first kappa shape index (κ1) is 10.3. The van der Waals surface area contributed by atoms with Gasteiger partial charge in [-0.15, -0.1) is 8.78 Å². The molecule has 3 rings (SSSR count). The highest BCUT2D eigenvalue weighted by Gasteiger charge is 2.49. The monoisotopic (exact) mass is 240 g/mol. The Morgan fingerprint density at radius 1 is 1.24 bits per heavy atom. The quantitative estimate of drug-likeness (QED) is 0.613. The van der Waals surface area contributed by atoms with Gasteiger partial charge in [0.1, 0.15) is 5.84 Å². The molecule has 6 heteroatoms. The maximum absolute atomic E-state index is 12.8. The SMILES string of the molecule is N=C(N)C1(c2ccc3c(c2)OC(F)(F)O3)CC1. The van der Waals surface area contributed by atoms with Crippen molar-refractivity contribution < 1.29 is 18.3 Å². The lowest BCUT2D eigenvalue weighted by Crippen LogP contribution is -2.27. The highest BCUT2D eigenvalue weighted by molar-refractivity contribution is 5.92. The zero-order valence-electron chi connectivity index (χ0n) is 8.80. The lowest BCUT2D eigenvalue weighted by atomic mass is 9.94. The van der Waals surface area contributed by atoms with Crippen LogP contribution in [0.2, 0.25) is 0 Å². The largest absolute Gasteiger partial charge is 0.586 e. The van der Waals surface area contributed by atoms with Gasteiger partial charge < -0.3 is 15.2 Å². The molecule has 0 saturated heterocycles. The number of hydrogen-bond acceptors (Lipinski definition) is 3. The maximum Gasteiger partial charge on any atom is 0.586 e. The smallest absolute Gasteiger partial charge is 0.395 e. The van der Waals surface area contributed by atoms with Crippen molar-refractivity contribution in [1.29, 1.82) is 5.41 Å². The van der Waals surface area contributed by atoms with E-state index in [1.54, 1.807) is 6.07 Å². The first-order valence-electron chi connectivity index (χ1n) is 5.18. The fourth-order valence-electron chi connectivity index (χ4n) is 2.09. The van der Waals surface area contributed by atoms with Crippen molar-refractivity contribution in [3.05, 3.63) is 23.8 Å². The predicted molar refractivity (Wildman–Crippen MR) is 55.5 cm³/mol. The van der Waals surface area contributed by atoms with Crippen molar-refractivity contribution in [1.82, 2.24) is 0 Å². The van der Waals surface area contributed by atoms with Crippen molar-refractivity contribution in [2.24, 2.45) is 5.73 Å². The van der Waals surface area contributed by atoms with Gasteiger partial charge in [-0.3, -0.25) is 5.41 Å². The molecular formula is C11H10F2N2O2. The van der Waals surface area contributed by atoms with Gasteiger partial charge in [-0.25, -0.2) is 0 Å². The Kier molecular flexibility index (Phi) is 1.75. The summed E-state index contributed by atoms with van der Waals surface area (Å²) in [7, 11) is 0. The Labute approximate surface area is 95.8 Å². The number of hydrogen-bond donors (Lipinski definition) is 2. The zero-order valence-corrected chi connectivity index (χ0v) is 8.80. The summed E-state index contributed by atoms with van der Waals surface area (Å²) in [6, 6.07) is 4.55. The van der Waals surface area contributed by atoms with Gasteiger partial charge in [0.05, 0.1) is 5.41 Å². The topological polar surface area (TPSA) is 68.3 Å². The van der Waals surface area contributed by atoms with Gasteiger partial charge in [0.2, 0.25) is 0 Å². The summed E-state index contributed by atoms with van der Waals surface area (Å²) in [6.45, 7) is 0. The molecule has 0 radical (unpaired) electrons. The van der Waals surface area contributed by atoms with Crippen molar-refractivity contribution >= 4 is 5.84 Å². The molecule has 2 aliphatic rings. The van der Waals surface area contributed by atoms with Crippen LogP contribution < -0.4 is 15.2 Å². The first-order chi connectivity index (χ1) is 7.93. The number of rotatable bonds is 2. The summed E-state index contributed by atoms with van der Waals surface area (Å²) in [6.07, 6.45) is -2.08. The number of alkyl halides is 2. The van der Waals surface area contributed by atoms with Crippen molar-refractivity contribution in [3.8, 4) is 11.5 Å². The minimum atomic E-state index is -3.60. The molecule has 1 heterocycles. The minimum absolute atomic E-state index is 0.0000231. The molecular weight excluding hydrogens is 230 g/mol. The number of halogens is 2. The van der Waals surface area contributed by atoms with E-state index < -0.39 is 11.7 Å². The van der Waals surface area contributed by atoms with Crippen LogP contribution in [0.1, 0.15) is 18.4 Å². The molecule has 1 aliphatic carbocycles. The molecule has 1 saturated carbocycles. The molecule has 0 unspecified atom stereocenters. The van der Waals surface area contributed by atoms with Gasteiger partial charge in [0, 0.05) is 0 Å². The third-order valence-corrected chi connectivity index (χ3v) is 3.22. The van der Waals surface area contributed by atoms with Crippen molar-refractivity contribution in [3.63, 3.8) is 0 Å². The van der Waals surface area contributed by atoms with E-state index in [9.17, 15) is 8.78 Å². The Morgan fingerprint density at radius 3 is 2.47 bits per heavy atom. The summed E-state index contributed by atoms with van der Waals surface area (Å²) in [5.74, 6) is 0.0706.